The average Bonchev–Trinajstić information content (AvgIpc) is 3.44. The molecule has 3 aromatic rings. The van der Waals surface area contributed by atoms with Crippen molar-refractivity contribution in [3.8, 4) is 0 Å². The number of ether oxygens (including phenoxy) is 1. The van der Waals surface area contributed by atoms with Crippen LogP contribution < -0.4 is 10.6 Å². The second-order valence-electron chi connectivity index (χ2n) is 8.56. The van der Waals surface area contributed by atoms with Gasteiger partial charge in [0.1, 0.15) is 0 Å². The Balaban J connectivity index is 1.34. The molecule has 0 saturated carbocycles. The van der Waals surface area contributed by atoms with Gasteiger partial charge in [0.05, 0.1) is 11.9 Å². The van der Waals surface area contributed by atoms with Crippen LogP contribution in [0, 0.1) is 13.8 Å². The van der Waals surface area contributed by atoms with Gasteiger partial charge in [-0.1, -0.05) is 35.4 Å². The number of hydrogen-bond donors (Lipinski definition) is 2. The summed E-state index contributed by atoms with van der Waals surface area (Å²) in [7, 11) is 0. The normalized spacial score (nSPS) is 15.6. The first-order valence-electron chi connectivity index (χ1n) is 11.4. The van der Waals surface area contributed by atoms with Crippen LogP contribution in [0.2, 0.25) is 0 Å². The lowest BCUT2D eigenvalue weighted by atomic mass is 10.1. The Bertz CT molecular complexity index is 1110. The predicted molar refractivity (Wildman–Crippen MR) is 133 cm³/mol. The Labute approximate surface area is 199 Å². The van der Waals surface area contributed by atoms with E-state index in [-0.39, 0.29) is 17.9 Å². The van der Waals surface area contributed by atoms with Gasteiger partial charge in [-0.15, -0.1) is 11.8 Å². The fourth-order valence-corrected chi connectivity index (χ4v) is 5.16. The summed E-state index contributed by atoms with van der Waals surface area (Å²) in [6.07, 6.45) is 4.31. The minimum Gasteiger partial charge on any atom is -0.376 e. The highest BCUT2D eigenvalue weighted by atomic mass is 32.2. The number of carbonyl (C=O) groups excluding carboxylic acids is 2. The number of rotatable bonds is 9. The third-order valence-electron chi connectivity index (χ3n) is 5.78. The second kappa shape index (κ2) is 10.9. The average molecular weight is 466 g/mol. The van der Waals surface area contributed by atoms with Gasteiger partial charge in [-0.25, -0.2) is 0 Å². The number of para-hydroxylation sites is 1. The maximum atomic E-state index is 12.6. The lowest BCUT2D eigenvalue weighted by molar-refractivity contribution is -0.119. The maximum absolute atomic E-state index is 12.6. The lowest BCUT2D eigenvalue weighted by Crippen LogP contribution is -2.32. The van der Waals surface area contributed by atoms with Crippen LogP contribution in [-0.2, 0) is 16.1 Å². The summed E-state index contributed by atoms with van der Waals surface area (Å²) in [6, 6.07) is 14.0. The smallest absolute Gasteiger partial charge is 0.251 e. The number of hydrogen-bond acceptors (Lipinski definition) is 4. The molecule has 4 rings (SSSR count). The molecule has 2 N–H and O–H groups in total. The van der Waals surface area contributed by atoms with E-state index in [2.05, 4.69) is 39.6 Å². The van der Waals surface area contributed by atoms with E-state index in [9.17, 15) is 9.59 Å². The first-order valence-corrected chi connectivity index (χ1v) is 12.4. The highest BCUT2D eigenvalue weighted by Crippen LogP contribution is 2.29. The van der Waals surface area contributed by atoms with Crippen molar-refractivity contribution < 1.29 is 14.3 Å². The Hall–Kier alpha value is -2.77. The van der Waals surface area contributed by atoms with E-state index in [1.54, 1.807) is 11.8 Å². The van der Waals surface area contributed by atoms with Crippen molar-refractivity contribution in [3.63, 3.8) is 0 Å². The van der Waals surface area contributed by atoms with E-state index in [0.717, 1.165) is 46.4 Å². The van der Waals surface area contributed by atoms with Crippen molar-refractivity contribution in [3.05, 3.63) is 65.4 Å². The summed E-state index contributed by atoms with van der Waals surface area (Å²) < 4.78 is 7.71. The van der Waals surface area contributed by atoms with E-state index < -0.39 is 0 Å². The lowest BCUT2D eigenvalue weighted by Gasteiger charge is -2.10. The topological polar surface area (TPSA) is 72.4 Å². The minimum atomic E-state index is -0.0595. The van der Waals surface area contributed by atoms with Crippen LogP contribution >= 0.6 is 11.8 Å². The number of carbonyl (C=O) groups is 2. The zero-order chi connectivity index (χ0) is 23.2. The first-order chi connectivity index (χ1) is 16.0. The first kappa shape index (κ1) is 23.4. The van der Waals surface area contributed by atoms with Crippen molar-refractivity contribution in [2.75, 3.05) is 25.4 Å². The molecule has 0 aliphatic carbocycles. The summed E-state index contributed by atoms with van der Waals surface area (Å²) in [5.74, 6) is 0.327. The Kier molecular flexibility index (Phi) is 7.73. The van der Waals surface area contributed by atoms with Crippen LogP contribution in [0.15, 0.2) is 53.6 Å². The zero-order valence-corrected chi connectivity index (χ0v) is 20.0. The molecule has 1 aromatic heterocycles. The minimum absolute atomic E-state index is 0.0213. The fourth-order valence-electron chi connectivity index (χ4n) is 4.24. The van der Waals surface area contributed by atoms with Crippen LogP contribution in [-0.4, -0.2) is 47.9 Å². The molecule has 6 nitrogen and oxygen atoms in total. The number of benzene rings is 2. The monoisotopic (exact) mass is 465 g/mol. The third kappa shape index (κ3) is 6.18. The molecule has 2 aromatic carbocycles. The van der Waals surface area contributed by atoms with Crippen molar-refractivity contribution >= 4 is 34.5 Å². The summed E-state index contributed by atoms with van der Waals surface area (Å²) >= 11 is 1.54. The molecule has 1 atom stereocenters. The van der Waals surface area contributed by atoms with E-state index in [1.165, 1.54) is 0 Å². The molecule has 174 valence electrons. The molecule has 1 aliphatic rings. The molecular formula is C26H31N3O3S. The fraction of sp³-hybridized carbons (Fsp3) is 0.385. The number of aryl methyl sites for hydroxylation is 2. The third-order valence-corrected chi connectivity index (χ3v) is 6.83. The van der Waals surface area contributed by atoms with E-state index in [0.29, 0.717) is 31.0 Å². The predicted octanol–water partition coefficient (Wildman–Crippen LogP) is 4.08. The summed E-state index contributed by atoms with van der Waals surface area (Å²) in [6.45, 7) is 6.55. The molecule has 2 amide bonds. The van der Waals surface area contributed by atoms with Crippen molar-refractivity contribution in [2.24, 2.45) is 0 Å². The number of nitrogens with zero attached hydrogens (tertiary/aromatic N) is 1. The number of aromatic nitrogens is 1. The standard InChI is InChI=1S/C26H31N3O3S/c1-18-12-19(2)14-20(13-18)26(31)27-9-10-29-16-24(22-7-3-4-8-23(22)29)33-17-25(30)28-15-21-6-5-11-32-21/h3-4,7-8,12-14,16,21H,5-6,9-11,15,17H2,1-2H3,(H,27,31)(H,28,30). The highest BCUT2D eigenvalue weighted by molar-refractivity contribution is 8.00. The second-order valence-corrected chi connectivity index (χ2v) is 9.58. The van der Waals surface area contributed by atoms with Gasteiger partial charge in [0.15, 0.2) is 0 Å². The van der Waals surface area contributed by atoms with E-state index in [1.807, 2.05) is 38.1 Å². The zero-order valence-electron chi connectivity index (χ0n) is 19.2. The van der Waals surface area contributed by atoms with Crippen LogP contribution in [0.3, 0.4) is 0 Å². The summed E-state index contributed by atoms with van der Waals surface area (Å²) in [5, 5.41) is 7.13. The molecule has 1 aliphatic heterocycles. The van der Waals surface area contributed by atoms with Gasteiger partial charge >= 0.3 is 0 Å². The molecule has 0 bridgehead atoms. The van der Waals surface area contributed by atoms with Gasteiger partial charge in [-0.2, -0.15) is 0 Å². The van der Waals surface area contributed by atoms with Crippen LogP contribution in [0.5, 0.6) is 0 Å². The largest absolute Gasteiger partial charge is 0.376 e. The van der Waals surface area contributed by atoms with Crippen LogP contribution in [0.1, 0.15) is 34.3 Å². The van der Waals surface area contributed by atoms with Crippen LogP contribution in [0.25, 0.3) is 10.9 Å². The number of amides is 2. The quantitative estimate of drug-likeness (QED) is 0.467. The molecule has 1 saturated heterocycles. The SMILES string of the molecule is Cc1cc(C)cc(C(=O)NCCn2cc(SCC(=O)NCC3CCCO3)c3ccccc32)c1. The van der Waals surface area contributed by atoms with Gasteiger partial charge in [0.25, 0.3) is 5.91 Å². The molecular weight excluding hydrogens is 434 g/mol. The molecule has 2 heterocycles. The van der Waals surface area contributed by atoms with Crippen molar-refractivity contribution in [2.45, 2.75) is 44.2 Å². The molecule has 1 unspecified atom stereocenters. The van der Waals surface area contributed by atoms with Gasteiger partial charge < -0.3 is 19.9 Å². The highest BCUT2D eigenvalue weighted by Gasteiger charge is 2.17. The molecule has 0 radical (unpaired) electrons. The Morgan fingerprint density at radius 2 is 1.91 bits per heavy atom. The van der Waals surface area contributed by atoms with Crippen molar-refractivity contribution in [1.29, 1.82) is 0 Å². The molecule has 0 spiro atoms. The maximum Gasteiger partial charge on any atom is 0.251 e. The van der Waals surface area contributed by atoms with Gasteiger partial charge in [0.2, 0.25) is 5.91 Å². The van der Waals surface area contributed by atoms with E-state index in [4.69, 9.17) is 4.74 Å². The molecule has 33 heavy (non-hydrogen) atoms. The van der Waals surface area contributed by atoms with Gasteiger partial charge in [0, 0.05) is 53.8 Å². The number of thioether (sulfide) groups is 1. The number of fused-ring (bicyclic) bond motifs is 1. The van der Waals surface area contributed by atoms with Gasteiger partial charge in [-0.05, 0) is 44.9 Å². The van der Waals surface area contributed by atoms with E-state index >= 15 is 0 Å². The van der Waals surface area contributed by atoms with Crippen LogP contribution in [0.4, 0.5) is 0 Å². The Morgan fingerprint density at radius 3 is 2.67 bits per heavy atom. The van der Waals surface area contributed by atoms with Crippen molar-refractivity contribution in [1.82, 2.24) is 15.2 Å². The number of nitrogens with one attached hydrogen (secondary N) is 2. The molecule has 1 fully saturated rings. The summed E-state index contributed by atoms with van der Waals surface area (Å²) in [5.41, 5.74) is 3.95. The van der Waals surface area contributed by atoms with Gasteiger partial charge in [-0.3, -0.25) is 9.59 Å². The molecule has 7 heteroatoms. The Morgan fingerprint density at radius 1 is 1.12 bits per heavy atom. The summed E-state index contributed by atoms with van der Waals surface area (Å²) in [4.78, 5) is 25.9.